The van der Waals surface area contributed by atoms with Crippen LogP contribution >= 0.6 is 0 Å². The molecule has 0 aliphatic carbocycles. The Balaban J connectivity index is 2.31. The van der Waals surface area contributed by atoms with Crippen molar-refractivity contribution >= 4 is 11.6 Å². The molecule has 1 aliphatic heterocycles. The molecule has 0 radical (unpaired) electrons. The third kappa shape index (κ3) is 1.61. The molecule has 1 saturated heterocycles. The monoisotopic (exact) mass is 219 g/mol. The fraction of sp³-hybridized carbons (Fsp3) is 0.462. The summed E-state index contributed by atoms with van der Waals surface area (Å²) in [6, 6.07) is 9.35. The molecule has 0 spiro atoms. The lowest BCUT2D eigenvalue weighted by atomic mass is 9.76. The van der Waals surface area contributed by atoms with Crippen LogP contribution in [0.3, 0.4) is 0 Å². The van der Waals surface area contributed by atoms with Gasteiger partial charge < -0.3 is 10.0 Å². The van der Waals surface area contributed by atoms with Crippen molar-refractivity contribution in [2.75, 3.05) is 4.90 Å². The molecule has 16 heavy (non-hydrogen) atoms. The standard InChI is InChI=1S/C13H17NO2/c1-13(2,3)11-10(15)12(16)14(11)9-7-5-4-6-8-9/h4-8,10-11,15H,1-3H3. The molecule has 2 rings (SSSR count). The van der Waals surface area contributed by atoms with Gasteiger partial charge in [0.15, 0.2) is 6.10 Å². The van der Waals surface area contributed by atoms with Crippen LogP contribution in [0.1, 0.15) is 20.8 Å². The van der Waals surface area contributed by atoms with Crippen molar-refractivity contribution in [3.8, 4) is 0 Å². The summed E-state index contributed by atoms with van der Waals surface area (Å²) in [5.74, 6) is -0.203. The van der Waals surface area contributed by atoms with E-state index in [-0.39, 0.29) is 17.4 Å². The zero-order valence-electron chi connectivity index (χ0n) is 9.84. The van der Waals surface area contributed by atoms with Gasteiger partial charge in [0.25, 0.3) is 5.91 Å². The molecule has 2 unspecified atom stereocenters. The fourth-order valence-corrected chi connectivity index (χ4v) is 2.21. The van der Waals surface area contributed by atoms with E-state index in [1.165, 1.54) is 0 Å². The van der Waals surface area contributed by atoms with Crippen LogP contribution in [0.2, 0.25) is 0 Å². The van der Waals surface area contributed by atoms with Gasteiger partial charge in [-0.25, -0.2) is 0 Å². The number of rotatable bonds is 1. The first-order valence-electron chi connectivity index (χ1n) is 5.49. The molecule has 0 saturated carbocycles. The van der Waals surface area contributed by atoms with Crippen molar-refractivity contribution in [2.24, 2.45) is 5.41 Å². The summed E-state index contributed by atoms with van der Waals surface area (Å²) in [7, 11) is 0. The lowest BCUT2D eigenvalue weighted by molar-refractivity contribution is -0.140. The van der Waals surface area contributed by atoms with E-state index < -0.39 is 6.10 Å². The van der Waals surface area contributed by atoms with E-state index in [1.807, 2.05) is 51.1 Å². The summed E-state index contributed by atoms with van der Waals surface area (Å²) in [6.07, 6.45) is -0.861. The number of benzene rings is 1. The van der Waals surface area contributed by atoms with Crippen LogP contribution in [-0.2, 0) is 4.79 Å². The summed E-state index contributed by atoms with van der Waals surface area (Å²) >= 11 is 0. The molecule has 0 aromatic heterocycles. The van der Waals surface area contributed by atoms with Crippen molar-refractivity contribution in [2.45, 2.75) is 32.9 Å². The van der Waals surface area contributed by atoms with Crippen LogP contribution < -0.4 is 4.90 Å². The average Bonchev–Trinajstić information content (AvgIpc) is 2.23. The van der Waals surface area contributed by atoms with Gasteiger partial charge in [0.1, 0.15) is 0 Å². The third-order valence-electron chi connectivity index (χ3n) is 2.99. The molecule has 1 fully saturated rings. The van der Waals surface area contributed by atoms with Gasteiger partial charge in [-0.3, -0.25) is 4.79 Å². The van der Waals surface area contributed by atoms with Gasteiger partial charge in [0, 0.05) is 5.69 Å². The Morgan fingerprint density at radius 1 is 1.19 bits per heavy atom. The van der Waals surface area contributed by atoms with E-state index >= 15 is 0 Å². The number of aliphatic hydroxyl groups is 1. The Kier molecular flexibility index (Phi) is 2.50. The van der Waals surface area contributed by atoms with Gasteiger partial charge in [-0.05, 0) is 17.5 Å². The maximum absolute atomic E-state index is 11.7. The lowest BCUT2D eigenvalue weighted by Crippen LogP contribution is -2.69. The van der Waals surface area contributed by atoms with Gasteiger partial charge in [-0.1, -0.05) is 39.0 Å². The maximum atomic E-state index is 11.7. The van der Waals surface area contributed by atoms with Crippen molar-refractivity contribution in [3.05, 3.63) is 30.3 Å². The summed E-state index contributed by atoms with van der Waals surface area (Å²) in [5.41, 5.74) is 0.737. The highest BCUT2D eigenvalue weighted by molar-refractivity contribution is 6.04. The number of para-hydroxylation sites is 1. The minimum atomic E-state index is -0.861. The number of β-lactam (4-membered cyclic amide) rings is 1. The molecule has 3 heteroatoms. The number of hydrogen-bond acceptors (Lipinski definition) is 2. The summed E-state index contributed by atoms with van der Waals surface area (Å²) < 4.78 is 0. The van der Waals surface area contributed by atoms with Crippen molar-refractivity contribution in [1.29, 1.82) is 0 Å². The molecule has 1 aromatic rings. The predicted molar refractivity (Wildman–Crippen MR) is 63.2 cm³/mol. The zero-order chi connectivity index (χ0) is 11.9. The van der Waals surface area contributed by atoms with Gasteiger partial charge in [0.2, 0.25) is 0 Å². The quantitative estimate of drug-likeness (QED) is 0.732. The molecule has 3 nitrogen and oxygen atoms in total. The van der Waals surface area contributed by atoms with Crippen molar-refractivity contribution in [1.82, 2.24) is 0 Å². The molecule has 1 aromatic carbocycles. The summed E-state index contributed by atoms with van der Waals surface area (Å²) in [6.45, 7) is 6.09. The highest BCUT2D eigenvalue weighted by atomic mass is 16.3. The number of carbonyl (C=O) groups excluding carboxylic acids is 1. The summed E-state index contributed by atoms with van der Waals surface area (Å²) in [5, 5.41) is 9.75. The molecule has 1 N–H and O–H groups in total. The van der Waals surface area contributed by atoms with E-state index in [0.717, 1.165) is 5.69 Å². The largest absolute Gasteiger partial charge is 0.381 e. The normalized spacial score (nSPS) is 25.5. The number of anilines is 1. The van der Waals surface area contributed by atoms with Gasteiger partial charge >= 0.3 is 0 Å². The molecular weight excluding hydrogens is 202 g/mol. The predicted octanol–water partition coefficient (Wildman–Crippen LogP) is 1.81. The van der Waals surface area contributed by atoms with E-state index in [2.05, 4.69) is 0 Å². The van der Waals surface area contributed by atoms with Crippen molar-refractivity contribution < 1.29 is 9.90 Å². The Morgan fingerprint density at radius 2 is 1.75 bits per heavy atom. The molecule has 0 bridgehead atoms. The second-order valence-electron chi connectivity index (χ2n) is 5.30. The topological polar surface area (TPSA) is 40.5 Å². The molecule has 86 valence electrons. The number of amides is 1. The third-order valence-corrected chi connectivity index (χ3v) is 2.99. The molecule has 2 atom stereocenters. The van der Waals surface area contributed by atoms with Gasteiger partial charge in [0.05, 0.1) is 6.04 Å². The van der Waals surface area contributed by atoms with Crippen LogP contribution in [-0.4, -0.2) is 23.2 Å². The molecule has 1 heterocycles. The first-order valence-corrected chi connectivity index (χ1v) is 5.49. The van der Waals surface area contributed by atoms with Gasteiger partial charge in [-0.15, -0.1) is 0 Å². The van der Waals surface area contributed by atoms with Crippen LogP contribution in [0.5, 0.6) is 0 Å². The first-order chi connectivity index (χ1) is 7.43. The number of aliphatic hydroxyl groups excluding tert-OH is 1. The minimum Gasteiger partial charge on any atom is -0.381 e. The number of hydrogen-bond donors (Lipinski definition) is 1. The van der Waals surface area contributed by atoms with Crippen LogP contribution in [0.4, 0.5) is 5.69 Å². The first kappa shape index (κ1) is 11.1. The lowest BCUT2D eigenvalue weighted by Gasteiger charge is -2.50. The molecule has 1 aliphatic rings. The molecular formula is C13H17NO2. The van der Waals surface area contributed by atoms with Gasteiger partial charge in [-0.2, -0.15) is 0 Å². The Bertz CT molecular complexity index is 394. The Labute approximate surface area is 95.7 Å². The highest BCUT2D eigenvalue weighted by Crippen LogP contribution is 2.38. The van der Waals surface area contributed by atoms with Crippen LogP contribution in [0.25, 0.3) is 0 Å². The second-order valence-corrected chi connectivity index (χ2v) is 5.30. The SMILES string of the molecule is CC(C)(C)C1C(O)C(=O)N1c1ccccc1. The molecule has 1 amide bonds. The van der Waals surface area contributed by atoms with Crippen LogP contribution in [0, 0.1) is 5.41 Å². The smallest absolute Gasteiger partial charge is 0.258 e. The Hall–Kier alpha value is -1.35. The summed E-state index contributed by atoms with van der Waals surface area (Å²) in [4.78, 5) is 13.4. The van der Waals surface area contributed by atoms with E-state index in [9.17, 15) is 9.90 Å². The average molecular weight is 219 g/mol. The highest BCUT2D eigenvalue weighted by Gasteiger charge is 2.52. The second kappa shape index (κ2) is 3.59. The number of nitrogens with zero attached hydrogens (tertiary/aromatic N) is 1. The Morgan fingerprint density at radius 3 is 2.25 bits per heavy atom. The fourth-order valence-electron chi connectivity index (χ4n) is 2.21. The van der Waals surface area contributed by atoms with E-state index in [0.29, 0.717) is 0 Å². The van der Waals surface area contributed by atoms with Crippen molar-refractivity contribution in [3.63, 3.8) is 0 Å². The van der Waals surface area contributed by atoms with E-state index in [4.69, 9.17) is 0 Å². The zero-order valence-corrected chi connectivity index (χ0v) is 9.84. The van der Waals surface area contributed by atoms with Crippen LogP contribution in [0.15, 0.2) is 30.3 Å². The maximum Gasteiger partial charge on any atom is 0.258 e. The van der Waals surface area contributed by atoms with E-state index in [1.54, 1.807) is 4.90 Å². The number of carbonyl (C=O) groups is 1. The minimum absolute atomic E-state index is 0.122.